The molecule has 56 heavy (non-hydrogen) atoms. The summed E-state index contributed by atoms with van der Waals surface area (Å²) in [5.74, 6) is 0.119. The highest BCUT2D eigenvalue weighted by Crippen LogP contribution is 2.38. The number of nitrogens with zero attached hydrogens (tertiary/aromatic N) is 2. The summed E-state index contributed by atoms with van der Waals surface area (Å²) in [7, 11) is 1.81. The number of rotatable bonds is 19. The van der Waals surface area contributed by atoms with Crippen LogP contribution in [-0.2, 0) is 15.8 Å². The van der Waals surface area contributed by atoms with Crippen LogP contribution in [-0.4, -0.2) is 83.9 Å². The average Bonchev–Trinajstić information content (AvgIpc) is 3.12. The molecule has 0 aliphatic heterocycles. The Morgan fingerprint density at radius 3 is 1.68 bits per heavy atom. The van der Waals surface area contributed by atoms with Crippen LogP contribution in [0, 0.1) is 11.8 Å². The molecule has 304 valence electrons. The van der Waals surface area contributed by atoms with Gasteiger partial charge in [0.2, 0.25) is 0 Å². The van der Waals surface area contributed by atoms with Crippen molar-refractivity contribution in [2.24, 2.45) is 11.8 Å². The minimum absolute atomic E-state index is 0.00881. The van der Waals surface area contributed by atoms with Crippen molar-refractivity contribution in [3.05, 3.63) is 108 Å². The Morgan fingerprint density at radius 1 is 0.714 bits per heavy atom. The quantitative estimate of drug-likeness (QED) is 0.0950. The van der Waals surface area contributed by atoms with E-state index in [2.05, 4.69) is 13.8 Å². The second kappa shape index (κ2) is 22.8. The summed E-state index contributed by atoms with van der Waals surface area (Å²) >= 11 is 8.98. The van der Waals surface area contributed by atoms with Crippen LogP contribution in [0.1, 0.15) is 40.2 Å². The zero-order valence-electron chi connectivity index (χ0n) is 32.3. The Balaban J connectivity index is 0.000000303. The lowest BCUT2D eigenvalue weighted by Gasteiger charge is -2.32. The Hall–Kier alpha value is -3.88. The van der Waals surface area contributed by atoms with E-state index in [9.17, 15) is 22.8 Å². The highest BCUT2D eigenvalue weighted by Gasteiger charge is 2.30. The maximum absolute atomic E-state index is 12.8. The molecule has 2 atom stereocenters. The predicted octanol–water partition coefficient (Wildman–Crippen LogP) is 10.6. The van der Waals surface area contributed by atoms with E-state index in [1.165, 1.54) is 23.9 Å². The highest BCUT2D eigenvalue weighted by atomic mass is 35.5. The van der Waals surface area contributed by atoms with Gasteiger partial charge >= 0.3 is 18.1 Å². The Labute approximate surface area is 341 Å². The van der Waals surface area contributed by atoms with Crippen LogP contribution in [0.25, 0.3) is 0 Å². The van der Waals surface area contributed by atoms with Crippen molar-refractivity contribution in [3.63, 3.8) is 0 Å². The van der Waals surface area contributed by atoms with Gasteiger partial charge in [-0.15, -0.1) is 0 Å². The summed E-state index contributed by atoms with van der Waals surface area (Å²) < 4.78 is 50.4. The standard InChI is InChI=1S/C22H26F3NO3S.C20H24ClNO3S/c1-4-26(13-21(27)28)18(15(2)3)14-29-19-7-5-6-8-20(19)30-17-11-9-16(10-12-17)22(23,24)25;1-14(2)17(22(3)12-20(23)24)13-25-18-9-4-5-10-19(18)26-16-8-6-7-15(21)11-16/h5-12,15,18H,4,13-14H2,1-3H3,(H,27,28);4-11,14,17H,12-13H2,1-3H3,(H,23,24). The summed E-state index contributed by atoms with van der Waals surface area (Å²) in [4.78, 5) is 29.3. The van der Waals surface area contributed by atoms with E-state index >= 15 is 0 Å². The number of carbonyl (C=O) groups is 2. The molecule has 0 aliphatic rings. The molecule has 0 spiro atoms. The number of hydrogen-bond acceptors (Lipinski definition) is 8. The summed E-state index contributed by atoms with van der Waals surface area (Å²) in [5.41, 5.74) is -0.686. The summed E-state index contributed by atoms with van der Waals surface area (Å²) in [6.07, 6.45) is -4.36. The first-order chi connectivity index (χ1) is 26.5. The maximum Gasteiger partial charge on any atom is 0.416 e. The first kappa shape index (κ1) is 46.5. The number of alkyl halides is 3. The van der Waals surface area contributed by atoms with E-state index in [4.69, 9.17) is 31.3 Å². The van der Waals surface area contributed by atoms with Crippen molar-refractivity contribution in [1.82, 2.24) is 9.80 Å². The van der Waals surface area contributed by atoms with Gasteiger partial charge in [-0.25, -0.2) is 0 Å². The molecule has 2 N–H and O–H groups in total. The average molecular weight is 835 g/mol. The minimum atomic E-state index is -4.36. The predicted molar refractivity (Wildman–Crippen MR) is 217 cm³/mol. The number of ether oxygens (including phenoxy) is 2. The molecule has 0 aromatic heterocycles. The first-order valence-electron chi connectivity index (χ1n) is 18.1. The normalized spacial score (nSPS) is 12.7. The van der Waals surface area contributed by atoms with Crippen LogP contribution in [0.2, 0.25) is 5.02 Å². The molecule has 2 unspecified atom stereocenters. The fraction of sp³-hybridized carbons (Fsp3) is 0.381. The van der Waals surface area contributed by atoms with Crippen molar-refractivity contribution in [2.45, 2.75) is 72.5 Å². The molecule has 4 aromatic rings. The third-order valence-electron chi connectivity index (χ3n) is 8.65. The molecular formula is C42H50ClF3N2O6S2. The van der Waals surface area contributed by atoms with E-state index in [0.29, 0.717) is 35.4 Å². The topological polar surface area (TPSA) is 99.5 Å². The molecule has 0 saturated heterocycles. The number of para-hydroxylation sites is 2. The fourth-order valence-corrected chi connectivity index (χ4v) is 7.79. The molecule has 14 heteroatoms. The van der Waals surface area contributed by atoms with E-state index in [0.717, 1.165) is 32.6 Å². The molecule has 0 bridgehead atoms. The molecule has 4 rings (SSSR count). The highest BCUT2D eigenvalue weighted by molar-refractivity contribution is 7.99. The van der Waals surface area contributed by atoms with E-state index < -0.39 is 23.7 Å². The Morgan fingerprint density at radius 2 is 1.21 bits per heavy atom. The molecule has 8 nitrogen and oxygen atoms in total. The van der Waals surface area contributed by atoms with Gasteiger partial charge in [0, 0.05) is 26.9 Å². The third-order valence-corrected chi connectivity index (χ3v) is 11.0. The van der Waals surface area contributed by atoms with E-state index in [1.807, 2.05) is 104 Å². The van der Waals surface area contributed by atoms with Crippen LogP contribution in [0.5, 0.6) is 11.5 Å². The van der Waals surface area contributed by atoms with E-state index in [1.54, 1.807) is 17.8 Å². The Bertz CT molecular complexity index is 1830. The van der Waals surface area contributed by atoms with Gasteiger partial charge in [-0.2, -0.15) is 13.2 Å². The van der Waals surface area contributed by atoms with Gasteiger partial charge in [-0.3, -0.25) is 19.4 Å². The molecule has 0 aliphatic carbocycles. The number of hydrogen-bond donors (Lipinski definition) is 2. The van der Waals surface area contributed by atoms with Crippen LogP contribution in [0.4, 0.5) is 13.2 Å². The molecule has 0 amide bonds. The Kier molecular flexibility index (Phi) is 18.9. The molecule has 0 radical (unpaired) electrons. The van der Waals surface area contributed by atoms with Crippen molar-refractivity contribution in [2.75, 3.05) is 39.9 Å². The number of carboxylic acid groups (broad SMARTS) is 2. The van der Waals surface area contributed by atoms with Crippen LogP contribution < -0.4 is 9.47 Å². The number of likely N-dealkylation sites (N-methyl/N-ethyl adjacent to an activating group) is 2. The van der Waals surface area contributed by atoms with Crippen LogP contribution in [0.3, 0.4) is 0 Å². The number of halogens is 4. The zero-order valence-corrected chi connectivity index (χ0v) is 34.7. The first-order valence-corrected chi connectivity index (χ1v) is 20.1. The SMILES string of the molecule is CC(C)C(COc1ccccc1Sc1cccc(Cl)c1)N(C)CC(=O)O.CCN(CC(=O)O)C(COc1ccccc1Sc1ccc(C(F)(F)F)cc1)C(C)C. The van der Waals surface area contributed by atoms with Gasteiger partial charge in [0.25, 0.3) is 0 Å². The third kappa shape index (κ3) is 15.6. The lowest BCUT2D eigenvalue weighted by atomic mass is 10.0. The lowest BCUT2D eigenvalue weighted by Crippen LogP contribution is -2.45. The summed E-state index contributed by atoms with van der Waals surface area (Å²) in [6, 6.07) is 27.8. The zero-order chi connectivity index (χ0) is 41.4. The van der Waals surface area contributed by atoms with Crippen molar-refractivity contribution < 1.29 is 42.4 Å². The van der Waals surface area contributed by atoms with Crippen LogP contribution >= 0.6 is 35.1 Å². The van der Waals surface area contributed by atoms with Gasteiger partial charge in [0.1, 0.15) is 24.7 Å². The monoisotopic (exact) mass is 834 g/mol. The number of aliphatic carboxylic acids is 2. The second-order valence-electron chi connectivity index (χ2n) is 13.6. The lowest BCUT2D eigenvalue weighted by molar-refractivity contribution is -0.140. The summed E-state index contributed by atoms with van der Waals surface area (Å²) in [5, 5.41) is 18.9. The van der Waals surface area contributed by atoms with Gasteiger partial charge in [-0.05, 0) is 92.2 Å². The molecule has 0 fully saturated rings. The van der Waals surface area contributed by atoms with Crippen molar-refractivity contribution in [1.29, 1.82) is 0 Å². The van der Waals surface area contributed by atoms with Crippen molar-refractivity contribution in [3.8, 4) is 11.5 Å². The number of carboxylic acids is 2. The largest absolute Gasteiger partial charge is 0.491 e. The fourth-order valence-electron chi connectivity index (χ4n) is 5.67. The minimum Gasteiger partial charge on any atom is -0.491 e. The maximum atomic E-state index is 12.8. The van der Waals surface area contributed by atoms with Crippen molar-refractivity contribution >= 4 is 47.1 Å². The molecule has 4 aromatic carbocycles. The van der Waals surface area contributed by atoms with Gasteiger partial charge in [0.15, 0.2) is 0 Å². The van der Waals surface area contributed by atoms with Gasteiger partial charge < -0.3 is 19.7 Å². The van der Waals surface area contributed by atoms with Crippen LogP contribution in [0.15, 0.2) is 117 Å². The van der Waals surface area contributed by atoms with Gasteiger partial charge in [-0.1, -0.05) is 100 Å². The summed E-state index contributed by atoms with van der Waals surface area (Å²) in [6.45, 7) is 11.3. The molecule has 0 heterocycles. The second-order valence-corrected chi connectivity index (χ2v) is 16.3. The molecular weight excluding hydrogens is 785 g/mol. The van der Waals surface area contributed by atoms with E-state index in [-0.39, 0.29) is 37.0 Å². The molecule has 0 saturated carbocycles. The van der Waals surface area contributed by atoms with Gasteiger partial charge in [0.05, 0.1) is 28.4 Å². The number of benzene rings is 4. The smallest absolute Gasteiger partial charge is 0.416 e.